The molecule has 0 spiro atoms. The first-order valence-electron chi connectivity index (χ1n) is 5.51. The minimum atomic E-state index is -0.377. The number of benzene rings is 1. The number of hydrogen-bond donors (Lipinski definition) is 1. The van der Waals surface area contributed by atoms with E-state index in [9.17, 15) is 4.79 Å². The fourth-order valence-electron chi connectivity index (χ4n) is 1.54. The van der Waals surface area contributed by atoms with E-state index in [1.54, 1.807) is 11.9 Å². The number of anilines is 1. The van der Waals surface area contributed by atoms with Gasteiger partial charge in [-0.2, -0.15) is 0 Å². The lowest BCUT2D eigenvalue weighted by Crippen LogP contribution is -2.30. The van der Waals surface area contributed by atoms with Gasteiger partial charge in [-0.05, 0) is 5.56 Å². The zero-order valence-electron chi connectivity index (χ0n) is 10.0. The van der Waals surface area contributed by atoms with Crippen molar-refractivity contribution < 1.29 is 4.79 Å². The summed E-state index contributed by atoms with van der Waals surface area (Å²) in [5, 5.41) is 9.80. The fraction of sp³-hybridized carbons (Fsp3) is 0.250. The summed E-state index contributed by atoms with van der Waals surface area (Å²) in [5.41, 5.74) is 6.33. The number of primary amides is 1. The molecule has 6 heteroatoms. The Morgan fingerprint density at radius 1 is 1.33 bits per heavy atom. The molecule has 0 radical (unpaired) electrons. The second kappa shape index (κ2) is 5.59. The Morgan fingerprint density at radius 2 is 2.06 bits per heavy atom. The first kappa shape index (κ1) is 12.5. The second-order valence-corrected chi connectivity index (χ2v) is 5.00. The molecule has 0 aliphatic carbocycles. The highest BCUT2D eigenvalue weighted by Crippen LogP contribution is 2.20. The number of rotatable bonds is 5. The molecule has 5 nitrogen and oxygen atoms in total. The van der Waals surface area contributed by atoms with Crippen LogP contribution >= 0.6 is 11.3 Å². The number of carbonyl (C=O) groups excluding carboxylic acids is 1. The Labute approximate surface area is 109 Å². The lowest BCUT2D eigenvalue weighted by atomic mass is 10.2. The van der Waals surface area contributed by atoms with Gasteiger partial charge in [0.1, 0.15) is 5.01 Å². The maximum atomic E-state index is 10.8. The molecule has 1 amide bonds. The number of likely N-dealkylation sites (N-methyl/N-ethyl adjacent to an activating group) is 1. The Balaban J connectivity index is 2.04. The minimum absolute atomic E-state index is 0.153. The van der Waals surface area contributed by atoms with Crippen molar-refractivity contribution in [2.45, 2.75) is 6.42 Å². The van der Waals surface area contributed by atoms with Crippen LogP contribution in [0.4, 0.5) is 5.13 Å². The highest BCUT2D eigenvalue weighted by atomic mass is 32.1. The molecule has 2 N–H and O–H groups in total. The van der Waals surface area contributed by atoms with Crippen LogP contribution in [0.1, 0.15) is 10.6 Å². The summed E-state index contributed by atoms with van der Waals surface area (Å²) < 4.78 is 0. The molecule has 1 aromatic heterocycles. The number of hydrogen-bond acceptors (Lipinski definition) is 5. The van der Waals surface area contributed by atoms with Crippen LogP contribution in [0.2, 0.25) is 0 Å². The molecule has 0 fully saturated rings. The topological polar surface area (TPSA) is 72.1 Å². The van der Waals surface area contributed by atoms with Crippen molar-refractivity contribution in [2.75, 3.05) is 18.5 Å². The maximum Gasteiger partial charge on any atom is 0.237 e. The number of amides is 1. The van der Waals surface area contributed by atoms with Crippen LogP contribution in [-0.4, -0.2) is 29.7 Å². The number of nitrogens with two attached hydrogens (primary N) is 1. The molecule has 0 aliphatic heterocycles. The van der Waals surface area contributed by atoms with Gasteiger partial charge in [0.2, 0.25) is 11.0 Å². The van der Waals surface area contributed by atoms with Crippen molar-refractivity contribution in [3.8, 4) is 0 Å². The lowest BCUT2D eigenvalue weighted by molar-refractivity contribution is -0.116. The van der Waals surface area contributed by atoms with Gasteiger partial charge < -0.3 is 10.6 Å². The monoisotopic (exact) mass is 262 g/mol. The summed E-state index contributed by atoms with van der Waals surface area (Å²) in [6.45, 7) is 0.153. The Bertz CT molecular complexity index is 526. The van der Waals surface area contributed by atoms with Gasteiger partial charge in [0.05, 0.1) is 6.54 Å². The molecule has 0 saturated carbocycles. The Hall–Kier alpha value is -1.95. The van der Waals surface area contributed by atoms with E-state index in [1.165, 1.54) is 16.9 Å². The molecule has 2 rings (SSSR count). The smallest absolute Gasteiger partial charge is 0.237 e. The predicted octanol–water partition coefficient (Wildman–Crippen LogP) is 1.05. The van der Waals surface area contributed by atoms with Gasteiger partial charge in [-0.1, -0.05) is 41.7 Å². The highest BCUT2D eigenvalue weighted by molar-refractivity contribution is 7.15. The number of aromatic nitrogens is 2. The molecule has 0 unspecified atom stereocenters. The lowest BCUT2D eigenvalue weighted by Gasteiger charge is -2.11. The standard InChI is InChI=1S/C12H14N4OS/c1-16(8-10(13)17)12-15-14-11(18-12)7-9-5-3-2-4-6-9/h2-6H,7-8H2,1H3,(H2,13,17). The van der Waals surface area contributed by atoms with Gasteiger partial charge >= 0.3 is 0 Å². The SMILES string of the molecule is CN(CC(N)=O)c1nnc(Cc2ccccc2)s1. The van der Waals surface area contributed by atoms with Crippen LogP contribution in [-0.2, 0) is 11.2 Å². The van der Waals surface area contributed by atoms with Gasteiger partial charge in [-0.3, -0.25) is 4.79 Å². The van der Waals surface area contributed by atoms with Gasteiger partial charge in [-0.15, -0.1) is 10.2 Å². The normalized spacial score (nSPS) is 10.3. The van der Waals surface area contributed by atoms with E-state index >= 15 is 0 Å². The fourth-order valence-corrected chi connectivity index (χ4v) is 2.38. The van der Waals surface area contributed by atoms with Crippen molar-refractivity contribution in [1.82, 2.24) is 10.2 Å². The van der Waals surface area contributed by atoms with Crippen molar-refractivity contribution in [2.24, 2.45) is 5.73 Å². The second-order valence-electron chi connectivity index (χ2n) is 3.96. The van der Waals surface area contributed by atoms with Gasteiger partial charge in [0.25, 0.3) is 0 Å². The summed E-state index contributed by atoms with van der Waals surface area (Å²) in [4.78, 5) is 12.5. The van der Waals surface area contributed by atoms with E-state index in [-0.39, 0.29) is 12.5 Å². The van der Waals surface area contributed by atoms with E-state index in [1.807, 2.05) is 30.3 Å². The quantitative estimate of drug-likeness (QED) is 0.874. The Morgan fingerprint density at radius 3 is 2.72 bits per heavy atom. The first-order valence-corrected chi connectivity index (χ1v) is 6.32. The Kier molecular flexibility index (Phi) is 3.88. The summed E-state index contributed by atoms with van der Waals surface area (Å²) >= 11 is 1.47. The van der Waals surface area contributed by atoms with E-state index < -0.39 is 0 Å². The molecule has 94 valence electrons. The van der Waals surface area contributed by atoms with Gasteiger partial charge in [0, 0.05) is 13.5 Å². The van der Waals surface area contributed by atoms with Crippen LogP contribution in [0.5, 0.6) is 0 Å². The van der Waals surface area contributed by atoms with E-state index in [2.05, 4.69) is 10.2 Å². The number of carbonyl (C=O) groups is 1. The van der Waals surface area contributed by atoms with Crippen LogP contribution < -0.4 is 10.6 Å². The average Bonchev–Trinajstić information content (AvgIpc) is 2.78. The first-order chi connectivity index (χ1) is 8.65. The van der Waals surface area contributed by atoms with E-state index in [4.69, 9.17) is 5.73 Å². The zero-order valence-corrected chi connectivity index (χ0v) is 10.9. The van der Waals surface area contributed by atoms with Crippen LogP contribution in [0, 0.1) is 0 Å². The van der Waals surface area contributed by atoms with Crippen LogP contribution in [0.3, 0.4) is 0 Å². The summed E-state index contributed by atoms with van der Waals surface area (Å²) in [5.74, 6) is -0.377. The molecular weight excluding hydrogens is 248 g/mol. The van der Waals surface area contributed by atoms with Crippen LogP contribution in [0.15, 0.2) is 30.3 Å². The third kappa shape index (κ3) is 3.27. The maximum absolute atomic E-state index is 10.8. The molecule has 2 aromatic rings. The molecule has 1 aromatic carbocycles. The number of nitrogens with zero attached hydrogens (tertiary/aromatic N) is 3. The van der Waals surface area contributed by atoms with Gasteiger partial charge in [-0.25, -0.2) is 0 Å². The molecular formula is C12H14N4OS. The minimum Gasteiger partial charge on any atom is -0.368 e. The largest absolute Gasteiger partial charge is 0.368 e. The molecule has 0 saturated heterocycles. The van der Waals surface area contributed by atoms with Gasteiger partial charge in [0.15, 0.2) is 0 Å². The average molecular weight is 262 g/mol. The van der Waals surface area contributed by atoms with Crippen molar-refractivity contribution in [3.63, 3.8) is 0 Å². The summed E-state index contributed by atoms with van der Waals surface area (Å²) in [6, 6.07) is 10.1. The third-order valence-corrected chi connectivity index (χ3v) is 3.41. The van der Waals surface area contributed by atoms with Crippen molar-refractivity contribution >= 4 is 22.4 Å². The molecule has 18 heavy (non-hydrogen) atoms. The van der Waals surface area contributed by atoms with E-state index in [0.29, 0.717) is 5.13 Å². The third-order valence-electron chi connectivity index (χ3n) is 2.37. The van der Waals surface area contributed by atoms with Crippen molar-refractivity contribution in [1.29, 1.82) is 0 Å². The molecule has 0 atom stereocenters. The summed E-state index contributed by atoms with van der Waals surface area (Å²) in [7, 11) is 1.78. The predicted molar refractivity (Wildman–Crippen MR) is 71.6 cm³/mol. The molecule has 0 bridgehead atoms. The van der Waals surface area contributed by atoms with E-state index in [0.717, 1.165) is 11.4 Å². The van der Waals surface area contributed by atoms with Crippen LogP contribution in [0.25, 0.3) is 0 Å². The summed E-state index contributed by atoms with van der Waals surface area (Å²) in [6.07, 6.45) is 0.753. The molecule has 1 heterocycles. The zero-order chi connectivity index (χ0) is 13.0. The highest BCUT2D eigenvalue weighted by Gasteiger charge is 2.10. The molecule has 0 aliphatic rings. The van der Waals surface area contributed by atoms with Crippen molar-refractivity contribution in [3.05, 3.63) is 40.9 Å².